The number of fused-ring (bicyclic) bond motifs is 1. The lowest BCUT2D eigenvalue weighted by Crippen LogP contribution is -2.07. The Kier molecular flexibility index (Phi) is 6.98. The Balaban J connectivity index is 1.83. The molecule has 0 aromatic heterocycles. The number of allylic oxidation sites excluding steroid dienone is 2. The van der Waals surface area contributed by atoms with E-state index in [2.05, 4.69) is 12.1 Å². The van der Waals surface area contributed by atoms with Crippen molar-refractivity contribution in [3.63, 3.8) is 0 Å². The molecule has 1 aliphatic rings. The number of hydrogen-bond donors (Lipinski definition) is 1. The monoisotopic (exact) mass is 415 g/mol. The van der Waals surface area contributed by atoms with Crippen LogP contribution in [0.25, 0.3) is 5.57 Å². The second-order valence-electron chi connectivity index (χ2n) is 7.38. The van der Waals surface area contributed by atoms with E-state index >= 15 is 0 Å². The van der Waals surface area contributed by atoms with Crippen molar-refractivity contribution in [2.24, 2.45) is 5.16 Å². The van der Waals surface area contributed by atoms with Crippen LogP contribution in [0.4, 0.5) is 4.39 Å². The third-order valence-electron chi connectivity index (χ3n) is 5.17. The smallest absolute Gasteiger partial charge is 0.142 e. The van der Waals surface area contributed by atoms with Gasteiger partial charge in [0, 0.05) is 40.5 Å². The van der Waals surface area contributed by atoms with E-state index < -0.39 is 16.9 Å². The van der Waals surface area contributed by atoms with Gasteiger partial charge in [0.05, 0.1) is 6.10 Å². The van der Waals surface area contributed by atoms with E-state index in [-0.39, 0.29) is 18.3 Å². The Labute approximate surface area is 173 Å². The molecule has 3 unspecified atom stereocenters. The van der Waals surface area contributed by atoms with Crippen molar-refractivity contribution in [3.8, 4) is 0 Å². The molecule has 0 aliphatic heterocycles. The van der Waals surface area contributed by atoms with E-state index in [0.29, 0.717) is 6.42 Å². The van der Waals surface area contributed by atoms with E-state index in [9.17, 15) is 13.7 Å². The first-order valence-electron chi connectivity index (χ1n) is 9.60. The molecule has 1 N–H and O–H groups in total. The number of oxime groups is 1. The largest absolute Gasteiger partial charge is 0.393 e. The topological polar surface area (TPSA) is 58.9 Å². The standard InChI is InChI=1S/C23H26FNO3S/c1-15(26)14-28-25-11-10-20-16(2)22(21-9-6-18(24)13-23(20)21)12-17-4-7-19(8-5-17)29(3)27/h4-9,11,13,15,22,26H,10,12,14H2,1-3H3. The van der Waals surface area contributed by atoms with Crippen molar-refractivity contribution >= 4 is 22.6 Å². The van der Waals surface area contributed by atoms with E-state index in [1.807, 2.05) is 30.3 Å². The molecule has 0 saturated carbocycles. The molecule has 0 heterocycles. The van der Waals surface area contributed by atoms with Gasteiger partial charge >= 0.3 is 0 Å². The average Bonchev–Trinajstić information content (AvgIpc) is 2.93. The summed E-state index contributed by atoms with van der Waals surface area (Å²) in [6.07, 6.45) is 4.08. The highest BCUT2D eigenvalue weighted by molar-refractivity contribution is 7.84. The van der Waals surface area contributed by atoms with Crippen molar-refractivity contribution in [2.75, 3.05) is 12.9 Å². The van der Waals surface area contributed by atoms with Gasteiger partial charge in [0.1, 0.15) is 12.4 Å². The number of hydrogen-bond acceptors (Lipinski definition) is 4. The van der Waals surface area contributed by atoms with Crippen LogP contribution >= 0.6 is 0 Å². The zero-order valence-electron chi connectivity index (χ0n) is 16.9. The fourth-order valence-corrected chi connectivity index (χ4v) is 4.19. The van der Waals surface area contributed by atoms with Gasteiger partial charge in [0.25, 0.3) is 0 Å². The van der Waals surface area contributed by atoms with Gasteiger partial charge in [-0.05, 0) is 66.8 Å². The predicted molar refractivity (Wildman–Crippen MR) is 115 cm³/mol. The molecule has 2 aromatic rings. The first-order valence-corrected chi connectivity index (χ1v) is 11.2. The fraction of sp³-hybridized carbons (Fsp3) is 0.348. The number of aliphatic hydroxyl groups excluding tert-OH is 1. The van der Waals surface area contributed by atoms with Gasteiger partial charge in [0.2, 0.25) is 0 Å². The molecule has 6 heteroatoms. The van der Waals surface area contributed by atoms with E-state index in [1.54, 1.807) is 25.5 Å². The molecule has 0 fully saturated rings. The highest BCUT2D eigenvalue weighted by atomic mass is 32.2. The summed E-state index contributed by atoms with van der Waals surface area (Å²) in [5.74, 6) is -0.0999. The first kappa shape index (κ1) is 21.4. The van der Waals surface area contributed by atoms with Gasteiger partial charge in [0.15, 0.2) is 0 Å². The highest BCUT2D eigenvalue weighted by Gasteiger charge is 2.28. The number of aliphatic hydroxyl groups is 1. The van der Waals surface area contributed by atoms with Crippen LogP contribution in [0.5, 0.6) is 0 Å². The minimum Gasteiger partial charge on any atom is -0.393 e. The Morgan fingerprint density at radius 3 is 2.66 bits per heavy atom. The SMILES string of the molecule is CC1=C(CC=NOCC(C)O)c2cc(F)ccc2C1Cc1ccc(S(C)=O)cc1. The summed E-state index contributed by atoms with van der Waals surface area (Å²) in [7, 11) is -0.995. The molecule has 0 amide bonds. The van der Waals surface area contributed by atoms with E-state index in [0.717, 1.165) is 33.6 Å². The van der Waals surface area contributed by atoms with Crippen molar-refractivity contribution < 1.29 is 18.5 Å². The molecule has 154 valence electrons. The van der Waals surface area contributed by atoms with Crippen molar-refractivity contribution in [1.82, 2.24) is 0 Å². The summed E-state index contributed by atoms with van der Waals surface area (Å²) in [6, 6.07) is 12.8. The summed E-state index contributed by atoms with van der Waals surface area (Å²) < 4.78 is 25.5. The summed E-state index contributed by atoms with van der Waals surface area (Å²) in [5, 5.41) is 13.1. The molecular weight excluding hydrogens is 389 g/mol. The van der Waals surface area contributed by atoms with Crippen LogP contribution in [0, 0.1) is 5.82 Å². The molecular formula is C23H26FNO3S. The van der Waals surface area contributed by atoms with Gasteiger partial charge in [-0.25, -0.2) is 4.39 Å². The van der Waals surface area contributed by atoms with E-state index in [1.165, 1.54) is 11.6 Å². The zero-order valence-corrected chi connectivity index (χ0v) is 17.7. The fourth-order valence-electron chi connectivity index (χ4n) is 3.67. The van der Waals surface area contributed by atoms with Gasteiger partial charge in [-0.1, -0.05) is 28.9 Å². The average molecular weight is 416 g/mol. The maximum Gasteiger partial charge on any atom is 0.142 e. The Bertz CT molecular complexity index is 951. The quantitative estimate of drug-likeness (QED) is 0.512. The second kappa shape index (κ2) is 9.46. The molecule has 0 radical (unpaired) electrons. The number of halogens is 1. The maximum atomic E-state index is 13.9. The molecule has 29 heavy (non-hydrogen) atoms. The first-order chi connectivity index (χ1) is 13.9. The van der Waals surface area contributed by atoms with Crippen LogP contribution < -0.4 is 0 Å². The molecule has 2 aromatic carbocycles. The minimum atomic E-state index is -0.995. The van der Waals surface area contributed by atoms with Gasteiger partial charge in [-0.2, -0.15) is 0 Å². The van der Waals surface area contributed by atoms with Crippen LogP contribution in [0.2, 0.25) is 0 Å². The van der Waals surface area contributed by atoms with Gasteiger partial charge in [-0.3, -0.25) is 4.21 Å². The normalized spacial score (nSPS) is 18.2. The third-order valence-corrected chi connectivity index (χ3v) is 6.11. The lowest BCUT2D eigenvalue weighted by Gasteiger charge is -2.15. The van der Waals surface area contributed by atoms with Crippen LogP contribution in [-0.4, -0.2) is 34.5 Å². The summed E-state index contributed by atoms with van der Waals surface area (Å²) >= 11 is 0. The summed E-state index contributed by atoms with van der Waals surface area (Å²) in [4.78, 5) is 5.86. The third kappa shape index (κ3) is 5.19. The maximum absolute atomic E-state index is 13.9. The van der Waals surface area contributed by atoms with E-state index in [4.69, 9.17) is 4.84 Å². The molecule has 3 atom stereocenters. The van der Waals surface area contributed by atoms with Crippen molar-refractivity contribution in [2.45, 2.75) is 43.6 Å². The lowest BCUT2D eigenvalue weighted by molar-refractivity contribution is 0.0506. The van der Waals surface area contributed by atoms with Crippen molar-refractivity contribution in [3.05, 3.63) is 70.5 Å². The van der Waals surface area contributed by atoms with Gasteiger partial charge in [-0.15, -0.1) is 0 Å². The zero-order chi connectivity index (χ0) is 21.0. The lowest BCUT2D eigenvalue weighted by atomic mass is 9.90. The van der Waals surface area contributed by atoms with Crippen LogP contribution in [0.15, 0.2) is 58.1 Å². The summed E-state index contributed by atoms with van der Waals surface area (Å²) in [6.45, 7) is 3.85. The van der Waals surface area contributed by atoms with Crippen molar-refractivity contribution in [1.29, 1.82) is 0 Å². The molecule has 1 aliphatic carbocycles. The van der Waals surface area contributed by atoms with Crippen LogP contribution in [0.3, 0.4) is 0 Å². The van der Waals surface area contributed by atoms with Gasteiger partial charge < -0.3 is 9.94 Å². The Morgan fingerprint density at radius 1 is 1.28 bits per heavy atom. The van der Waals surface area contributed by atoms with Crippen LogP contribution in [-0.2, 0) is 22.1 Å². The number of nitrogens with zero attached hydrogens (tertiary/aromatic N) is 1. The number of benzene rings is 2. The Morgan fingerprint density at radius 2 is 2.00 bits per heavy atom. The molecule has 4 nitrogen and oxygen atoms in total. The molecule has 0 bridgehead atoms. The highest BCUT2D eigenvalue weighted by Crippen LogP contribution is 2.44. The molecule has 3 rings (SSSR count). The number of rotatable bonds is 8. The second-order valence-corrected chi connectivity index (χ2v) is 8.76. The van der Waals surface area contributed by atoms with Crippen LogP contribution in [0.1, 0.15) is 42.9 Å². The Hall–Kier alpha value is -2.31. The minimum absolute atomic E-state index is 0.140. The molecule has 0 spiro atoms. The predicted octanol–water partition coefficient (Wildman–Crippen LogP) is 4.45. The summed E-state index contributed by atoms with van der Waals surface area (Å²) in [5.41, 5.74) is 5.42. The molecule has 0 saturated heterocycles.